The predicted molar refractivity (Wildman–Crippen MR) is 128 cm³/mol. The summed E-state index contributed by atoms with van der Waals surface area (Å²) in [6.45, 7) is 8.03. The van der Waals surface area contributed by atoms with Crippen LogP contribution in [0.2, 0.25) is 0 Å². The molecule has 7 heteroatoms. The third-order valence-electron chi connectivity index (χ3n) is 5.62. The summed E-state index contributed by atoms with van der Waals surface area (Å²) in [6.07, 6.45) is 3.47. The van der Waals surface area contributed by atoms with Crippen LogP contribution in [0.1, 0.15) is 37.3 Å². The summed E-state index contributed by atoms with van der Waals surface area (Å²) >= 11 is 0. The van der Waals surface area contributed by atoms with Gasteiger partial charge in [-0.3, -0.25) is 9.79 Å². The van der Waals surface area contributed by atoms with Gasteiger partial charge < -0.3 is 19.9 Å². The first-order valence-electron chi connectivity index (χ1n) is 10.6. The SMILES string of the molecule is CCNC(=NCCCC(=O)N1CCc2ccccc2C1)N1CCC(COC)C1.I. The molecule has 1 atom stereocenters. The Balaban J connectivity index is 0.00000300. The lowest BCUT2D eigenvalue weighted by molar-refractivity contribution is -0.132. The van der Waals surface area contributed by atoms with Gasteiger partial charge in [0.15, 0.2) is 5.96 Å². The number of aliphatic imine (C=N–C) groups is 1. The molecule has 2 aliphatic rings. The van der Waals surface area contributed by atoms with Crippen molar-refractivity contribution < 1.29 is 9.53 Å². The molecule has 1 amide bonds. The summed E-state index contributed by atoms with van der Waals surface area (Å²) in [5.74, 6) is 1.80. The maximum Gasteiger partial charge on any atom is 0.222 e. The van der Waals surface area contributed by atoms with Crippen LogP contribution in [0.4, 0.5) is 0 Å². The van der Waals surface area contributed by atoms with E-state index in [9.17, 15) is 4.79 Å². The van der Waals surface area contributed by atoms with E-state index in [1.165, 1.54) is 11.1 Å². The molecule has 2 heterocycles. The van der Waals surface area contributed by atoms with Crippen LogP contribution in [0.5, 0.6) is 0 Å². The van der Waals surface area contributed by atoms with Gasteiger partial charge in [0.1, 0.15) is 0 Å². The smallest absolute Gasteiger partial charge is 0.222 e. The minimum absolute atomic E-state index is 0. The number of rotatable bonds is 7. The first-order valence-corrected chi connectivity index (χ1v) is 10.6. The average Bonchev–Trinajstić information content (AvgIpc) is 3.18. The van der Waals surface area contributed by atoms with Gasteiger partial charge in [0, 0.05) is 58.7 Å². The Morgan fingerprint density at radius 1 is 1.24 bits per heavy atom. The van der Waals surface area contributed by atoms with Gasteiger partial charge in [0.25, 0.3) is 0 Å². The number of carbonyl (C=O) groups is 1. The highest BCUT2D eigenvalue weighted by atomic mass is 127. The topological polar surface area (TPSA) is 57.2 Å². The quantitative estimate of drug-likeness (QED) is 0.263. The van der Waals surface area contributed by atoms with Gasteiger partial charge >= 0.3 is 0 Å². The van der Waals surface area contributed by atoms with Gasteiger partial charge in [-0.05, 0) is 37.3 Å². The molecule has 0 saturated carbocycles. The highest BCUT2D eigenvalue weighted by molar-refractivity contribution is 14.0. The number of halogens is 1. The molecule has 0 bridgehead atoms. The van der Waals surface area contributed by atoms with Crippen molar-refractivity contribution in [3.63, 3.8) is 0 Å². The zero-order chi connectivity index (χ0) is 19.8. The number of hydrogen-bond donors (Lipinski definition) is 1. The first-order chi connectivity index (χ1) is 13.7. The van der Waals surface area contributed by atoms with Crippen LogP contribution in [0.15, 0.2) is 29.3 Å². The van der Waals surface area contributed by atoms with Gasteiger partial charge in [-0.25, -0.2) is 0 Å². The molecular formula is C22H35IN4O2. The second-order valence-electron chi connectivity index (χ2n) is 7.73. The second kappa shape index (κ2) is 12.4. The lowest BCUT2D eigenvalue weighted by Gasteiger charge is -2.29. The van der Waals surface area contributed by atoms with E-state index in [1.807, 2.05) is 4.90 Å². The minimum atomic E-state index is 0. The van der Waals surface area contributed by atoms with Crippen molar-refractivity contribution in [2.24, 2.45) is 10.9 Å². The lowest BCUT2D eigenvalue weighted by Crippen LogP contribution is -2.40. The summed E-state index contributed by atoms with van der Waals surface area (Å²) in [5.41, 5.74) is 2.66. The number of carbonyl (C=O) groups excluding carboxylic acids is 1. The molecule has 0 spiro atoms. The van der Waals surface area contributed by atoms with Gasteiger partial charge in [0.2, 0.25) is 5.91 Å². The number of likely N-dealkylation sites (tertiary alicyclic amines) is 1. The number of hydrogen-bond acceptors (Lipinski definition) is 3. The summed E-state index contributed by atoms with van der Waals surface area (Å²) in [7, 11) is 1.76. The van der Waals surface area contributed by atoms with Crippen molar-refractivity contribution >= 4 is 35.8 Å². The third-order valence-corrected chi connectivity index (χ3v) is 5.62. The molecular weight excluding hydrogens is 479 g/mol. The summed E-state index contributed by atoms with van der Waals surface area (Å²) in [5, 5.41) is 3.39. The van der Waals surface area contributed by atoms with E-state index in [4.69, 9.17) is 9.73 Å². The Morgan fingerprint density at radius 2 is 2.03 bits per heavy atom. The van der Waals surface area contributed by atoms with Crippen LogP contribution >= 0.6 is 24.0 Å². The molecule has 1 unspecified atom stereocenters. The normalized spacial score (nSPS) is 19.0. The molecule has 0 aliphatic carbocycles. The Hall–Kier alpha value is -1.35. The Morgan fingerprint density at radius 3 is 2.79 bits per heavy atom. The number of benzene rings is 1. The maximum atomic E-state index is 12.6. The third kappa shape index (κ3) is 6.84. The Labute approximate surface area is 192 Å². The molecule has 1 N–H and O–H groups in total. The molecule has 3 rings (SSSR count). The number of guanidine groups is 1. The Bertz CT molecular complexity index is 683. The predicted octanol–water partition coefficient (Wildman–Crippen LogP) is 2.90. The number of nitrogens with zero attached hydrogens (tertiary/aromatic N) is 3. The van der Waals surface area contributed by atoms with Gasteiger partial charge in [-0.2, -0.15) is 0 Å². The van der Waals surface area contributed by atoms with Gasteiger partial charge in [-0.15, -0.1) is 24.0 Å². The largest absolute Gasteiger partial charge is 0.384 e. The highest BCUT2D eigenvalue weighted by Gasteiger charge is 2.24. The van der Waals surface area contributed by atoms with E-state index in [1.54, 1.807) is 7.11 Å². The van der Waals surface area contributed by atoms with Crippen molar-refractivity contribution in [3.8, 4) is 0 Å². The number of amides is 1. The zero-order valence-electron chi connectivity index (χ0n) is 17.7. The van der Waals surface area contributed by atoms with Crippen molar-refractivity contribution in [2.75, 3.05) is 46.4 Å². The summed E-state index contributed by atoms with van der Waals surface area (Å²) in [4.78, 5) is 21.7. The number of methoxy groups -OCH3 is 1. The molecule has 1 fully saturated rings. The van der Waals surface area contributed by atoms with E-state index in [0.29, 0.717) is 18.9 Å². The number of fused-ring (bicyclic) bond motifs is 1. The van der Waals surface area contributed by atoms with E-state index in [2.05, 4.69) is 41.4 Å². The number of ether oxygens (including phenoxy) is 1. The van der Waals surface area contributed by atoms with E-state index >= 15 is 0 Å². The van der Waals surface area contributed by atoms with E-state index < -0.39 is 0 Å². The molecule has 29 heavy (non-hydrogen) atoms. The van der Waals surface area contributed by atoms with Crippen molar-refractivity contribution in [1.29, 1.82) is 0 Å². The first kappa shape index (κ1) is 23.9. The molecule has 0 aromatic heterocycles. The summed E-state index contributed by atoms with van der Waals surface area (Å²) in [6, 6.07) is 8.44. The van der Waals surface area contributed by atoms with Crippen LogP contribution in [-0.4, -0.2) is 68.1 Å². The molecule has 1 aromatic carbocycles. The average molecular weight is 514 g/mol. The van der Waals surface area contributed by atoms with Crippen molar-refractivity contribution in [3.05, 3.63) is 35.4 Å². The molecule has 162 valence electrons. The highest BCUT2D eigenvalue weighted by Crippen LogP contribution is 2.19. The molecule has 1 saturated heterocycles. The molecule has 2 aliphatic heterocycles. The van der Waals surface area contributed by atoms with Gasteiger partial charge in [-0.1, -0.05) is 24.3 Å². The van der Waals surface area contributed by atoms with E-state index in [0.717, 1.165) is 64.6 Å². The van der Waals surface area contributed by atoms with Crippen LogP contribution in [0.25, 0.3) is 0 Å². The zero-order valence-corrected chi connectivity index (χ0v) is 20.1. The number of nitrogens with one attached hydrogen (secondary N) is 1. The fourth-order valence-corrected chi connectivity index (χ4v) is 4.10. The minimum Gasteiger partial charge on any atom is -0.384 e. The second-order valence-corrected chi connectivity index (χ2v) is 7.73. The van der Waals surface area contributed by atoms with Crippen molar-refractivity contribution in [2.45, 2.75) is 39.2 Å². The Kier molecular flexibility index (Phi) is 10.2. The monoisotopic (exact) mass is 514 g/mol. The van der Waals surface area contributed by atoms with Gasteiger partial charge in [0.05, 0.1) is 6.61 Å². The molecule has 1 aromatic rings. The van der Waals surface area contributed by atoms with Crippen LogP contribution in [0, 0.1) is 5.92 Å². The van der Waals surface area contributed by atoms with Crippen LogP contribution in [-0.2, 0) is 22.5 Å². The standard InChI is InChI=1S/C22H34N4O2.HI/c1-3-23-22(26-13-10-18(15-26)17-28-2)24-12-6-9-21(27)25-14-11-19-7-4-5-8-20(19)16-25;/h4-5,7-8,18H,3,6,9-17H2,1-2H3,(H,23,24);1H. The fraction of sp³-hybridized carbons (Fsp3) is 0.636. The van der Waals surface area contributed by atoms with Crippen LogP contribution < -0.4 is 5.32 Å². The molecule has 0 radical (unpaired) electrons. The lowest BCUT2D eigenvalue weighted by atomic mass is 9.99. The summed E-state index contributed by atoms with van der Waals surface area (Å²) < 4.78 is 5.29. The fourth-order valence-electron chi connectivity index (χ4n) is 4.10. The van der Waals surface area contributed by atoms with Crippen molar-refractivity contribution in [1.82, 2.24) is 15.1 Å². The molecule has 6 nitrogen and oxygen atoms in total. The van der Waals surface area contributed by atoms with E-state index in [-0.39, 0.29) is 29.9 Å². The van der Waals surface area contributed by atoms with Crippen LogP contribution in [0.3, 0.4) is 0 Å². The maximum absolute atomic E-state index is 12.6.